The largest absolute Gasteiger partial charge is 0.326 e. The van der Waals surface area contributed by atoms with E-state index in [-0.39, 0.29) is 0 Å². The molecule has 0 aromatic rings. The normalized spacial score (nSPS) is 31.7. The van der Waals surface area contributed by atoms with Gasteiger partial charge < -0.3 is 5.73 Å². The molecule has 3 unspecified atom stereocenters. The Morgan fingerprint density at radius 2 is 2.07 bits per heavy atom. The van der Waals surface area contributed by atoms with E-state index in [2.05, 4.69) is 39.5 Å². The Bertz CT molecular complexity index is 189. The topological polar surface area (TPSA) is 29.3 Å². The maximum atomic E-state index is 6.12. The summed E-state index contributed by atoms with van der Waals surface area (Å²) in [5.41, 5.74) is 6.46. The molecule has 1 heterocycles. The first-order valence-electron chi connectivity index (χ1n) is 5.90. The van der Waals surface area contributed by atoms with E-state index < -0.39 is 0 Å². The molecule has 1 fully saturated rings. The van der Waals surface area contributed by atoms with Crippen LogP contribution in [0.5, 0.6) is 0 Å². The average Bonchev–Trinajstić information content (AvgIpc) is 2.36. The maximum absolute atomic E-state index is 6.12. The van der Waals surface area contributed by atoms with Gasteiger partial charge in [-0.15, -0.1) is 0 Å². The quantitative estimate of drug-likeness (QED) is 0.753. The zero-order valence-corrected chi connectivity index (χ0v) is 10.4. The number of nitrogens with two attached hydrogens (primary N) is 1. The van der Waals surface area contributed by atoms with E-state index in [1.54, 1.807) is 0 Å². The molecular weight excluding hydrogens is 172 g/mol. The van der Waals surface area contributed by atoms with Crippen LogP contribution in [0.25, 0.3) is 0 Å². The fraction of sp³-hybridized carbons (Fsp3) is 1.00. The van der Waals surface area contributed by atoms with Crippen LogP contribution in [-0.4, -0.2) is 29.1 Å². The van der Waals surface area contributed by atoms with Crippen molar-refractivity contribution in [2.75, 3.05) is 6.54 Å². The first-order valence-corrected chi connectivity index (χ1v) is 5.90. The molecule has 2 N–H and O–H groups in total. The van der Waals surface area contributed by atoms with Crippen molar-refractivity contribution < 1.29 is 0 Å². The smallest absolute Gasteiger partial charge is 0.0224 e. The van der Waals surface area contributed by atoms with Crippen molar-refractivity contribution in [2.45, 2.75) is 65.1 Å². The Kier molecular flexibility index (Phi) is 3.59. The van der Waals surface area contributed by atoms with E-state index >= 15 is 0 Å². The SMILES string of the molecule is CCC(N)C(C)N1CC(C)CC1(C)C. The zero-order chi connectivity index (χ0) is 10.9. The van der Waals surface area contributed by atoms with Gasteiger partial charge in [-0.3, -0.25) is 4.90 Å². The molecule has 0 radical (unpaired) electrons. The monoisotopic (exact) mass is 198 g/mol. The number of likely N-dealkylation sites (tertiary alicyclic amines) is 1. The van der Waals surface area contributed by atoms with Crippen LogP contribution in [0.4, 0.5) is 0 Å². The highest BCUT2D eigenvalue weighted by Gasteiger charge is 2.39. The van der Waals surface area contributed by atoms with E-state index in [4.69, 9.17) is 5.73 Å². The second-order valence-corrected chi connectivity index (χ2v) is 5.59. The average molecular weight is 198 g/mol. The van der Waals surface area contributed by atoms with Gasteiger partial charge in [-0.05, 0) is 39.5 Å². The van der Waals surface area contributed by atoms with E-state index in [1.807, 2.05) is 0 Å². The lowest BCUT2D eigenvalue weighted by Crippen LogP contribution is -2.51. The summed E-state index contributed by atoms with van der Waals surface area (Å²) in [5.74, 6) is 0.816. The van der Waals surface area contributed by atoms with E-state index in [1.165, 1.54) is 13.0 Å². The van der Waals surface area contributed by atoms with Crippen molar-refractivity contribution in [1.82, 2.24) is 4.90 Å². The molecule has 3 atom stereocenters. The Balaban J connectivity index is 2.67. The predicted octanol–water partition coefficient (Wildman–Crippen LogP) is 2.23. The molecule has 0 saturated carbocycles. The highest BCUT2D eigenvalue weighted by Crippen LogP contribution is 2.34. The molecule has 1 saturated heterocycles. The minimum atomic E-state index is 0.319. The Labute approximate surface area is 88.8 Å². The van der Waals surface area contributed by atoms with Crippen LogP contribution >= 0.6 is 0 Å². The fourth-order valence-electron chi connectivity index (χ4n) is 2.91. The number of hydrogen-bond acceptors (Lipinski definition) is 2. The van der Waals surface area contributed by atoms with Gasteiger partial charge in [-0.1, -0.05) is 13.8 Å². The van der Waals surface area contributed by atoms with Gasteiger partial charge in [0.2, 0.25) is 0 Å². The molecule has 84 valence electrons. The first-order chi connectivity index (χ1) is 6.38. The molecule has 2 nitrogen and oxygen atoms in total. The van der Waals surface area contributed by atoms with Crippen LogP contribution in [0.1, 0.15) is 47.5 Å². The molecule has 0 aromatic heterocycles. The third kappa shape index (κ3) is 2.29. The molecule has 0 bridgehead atoms. The Hall–Kier alpha value is -0.0800. The van der Waals surface area contributed by atoms with Crippen molar-refractivity contribution in [3.05, 3.63) is 0 Å². The van der Waals surface area contributed by atoms with Gasteiger partial charge >= 0.3 is 0 Å². The Morgan fingerprint density at radius 1 is 1.50 bits per heavy atom. The molecule has 1 aliphatic heterocycles. The second-order valence-electron chi connectivity index (χ2n) is 5.59. The third-order valence-electron chi connectivity index (χ3n) is 3.72. The molecule has 0 aromatic carbocycles. The summed E-state index contributed by atoms with van der Waals surface area (Å²) in [6.45, 7) is 12.7. The van der Waals surface area contributed by atoms with E-state index in [9.17, 15) is 0 Å². The fourth-order valence-corrected chi connectivity index (χ4v) is 2.91. The molecule has 1 aliphatic rings. The lowest BCUT2D eigenvalue weighted by Gasteiger charge is -2.39. The first kappa shape index (κ1) is 12.0. The summed E-state index contributed by atoms with van der Waals surface area (Å²) in [7, 11) is 0. The van der Waals surface area contributed by atoms with Crippen LogP contribution < -0.4 is 5.73 Å². The summed E-state index contributed by atoms with van der Waals surface area (Å²) in [4.78, 5) is 2.59. The minimum absolute atomic E-state index is 0.319. The van der Waals surface area contributed by atoms with Gasteiger partial charge in [0.15, 0.2) is 0 Å². The Morgan fingerprint density at radius 3 is 2.43 bits per heavy atom. The highest BCUT2D eigenvalue weighted by molar-refractivity contribution is 4.96. The number of rotatable bonds is 3. The van der Waals surface area contributed by atoms with Crippen molar-refractivity contribution in [3.63, 3.8) is 0 Å². The predicted molar refractivity (Wildman–Crippen MR) is 62.3 cm³/mol. The standard InChI is InChI=1S/C12H26N2/c1-6-11(13)10(3)14-8-9(2)7-12(14,4)5/h9-11H,6-8,13H2,1-5H3. The van der Waals surface area contributed by atoms with Crippen LogP contribution in [0.15, 0.2) is 0 Å². The maximum Gasteiger partial charge on any atom is 0.0224 e. The molecular formula is C12H26N2. The molecule has 0 spiro atoms. The van der Waals surface area contributed by atoms with Crippen molar-refractivity contribution in [3.8, 4) is 0 Å². The van der Waals surface area contributed by atoms with Crippen molar-refractivity contribution in [2.24, 2.45) is 11.7 Å². The van der Waals surface area contributed by atoms with Gasteiger partial charge in [-0.2, -0.15) is 0 Å². The summed E-state index contributed by atoms with van der Waals surface area (Å²) in [6.07, 6.45) is 2.37. The van der Waals surface area contributed by atoms with Gasteiger partial charge in [0, 0.05) is 24.2 Å². The summed E-state index contributed by atoms with van der Waals surface area (Å²) < 4.78 is 0. The van der Waals surface area contributed by atoms with Crippen LogP contribution in [0.2, 0.25) is 0 Å². The lowest BCUT2D eigenvalue weighted by molar-refractivity contribution is 0.107. The lowest BCUT2D eigenvalue weighted by atomic mass is 9.95. The van der Waals surface area contributed by atoms with Gasteiger partial charge in [-0.25, -0.2) is 0 Å². The van der Waals surface area contributed by atoms with E-state index in [0.717, 1.165) is 12.3 Å². The third-order valence-corrected chi connectivity index (χ3v) is 3.72. The summed E-state index contributed by atoms with van der Waals surface area (Å²) in [5, 5.41) is 0. The van der Waals surface area contributed by atoms with Gasteiger partial charge in [0.05, 0.1) is 0 Å². The molecule has 0 aliphatic carbocycles. The van der Waals surface area contributed by atoms with Crippen LogP contribution in [0, 0.1) is 5.92 Å². The number of nitrogens with zero attached hydrogens (tertiary/aromatic N) is 1. The summed E-state index contributed by atoms with van der Waals surface area (Å²) >= 11 is 0. The second kappa shape index (κ2) is 4.19. The van der Waals surface area contributed by atoms with E-state index in [0.29, 0.717) is 17.6 Å². The van der Waals surface area contributed by atoms with Crippen LogP contribution in [0.3, 0.4) is 0 Å². The minimum Gasteiger partial charge on any atom is -0.326 e. The van der Waals surface area contributed by atoms with Gasteiger partial charge in [0.1, 0.15) is 0 Å². The van der Waals surface area contributed by atoms with Crippen LogP contribution in [-0.2, 0) is 0 Å². The highest BCUT2D eigenvalue weighted by atomic mass is 15.2. The molecule has 0 amide bonds. The zero-order valence-electron chi connectivity index (χ0n) is 10.4. The van der Waals surface area contributed by atoms with Gasteiger partial charge in [0.25, 0.3) is 0 Å². The summed E-state index contributed by atoms with van der Waals surface area (Å²) in [6, 6.07) is 0.833. The van der Waals surface area contributed by atoms with Crippen molar-refractivity contribution in [1.29, 1.82) is 0 Å². The molecule has 1 rings (SSSR count). The molecule has 14 heavy (non-hydrogen) atoms. The molecule has 2 heteroatoms. The number of hydrogen-bond donors (Lipinski definition) is 1. The van der Waals surface area contributed by atoms with Crippen molar-refractivity contribution >= 4 is 0 Å².